The van der Waals surface area contributed by atoms with Crippen LogP contribution in [0, 0.1) is 11.3 Å². The number of aromatic hydroxyl groups is 1. The lowest BCUT2D eigenvalue weighted by molar-refractivity contribution is 0.473. The number of pyridine rings is 1. The molecule has 0 spiro atoms. The number of hydrogen-bond acceptors (Lipinski definition) is 4. The van der Waals surface area contributed by atoms with E-state index in [-0.39, 0.29) is 5.75 Å². The van der Waals surface area contributed by atoms with Gasteiger partial charge < -0.3 is 9.67 Å². The third kappa shape index (κ3) is 2.81. The van der Waals surface area contributed by atoms with Gasteiger partial charge in [0, 0.05) is 12.1 Å². The zero-order chi connectivity index (χ0) is 17.2. The highest BCUT2D eigenvalue weighted by Crippen LogP contribution is 2.25. The number of aromatic nitrogens is 3. The standard InChI is InChI=1S/C20H14N4O/c21-10-15-6-5-14(9-17(15)18-8-7-16(25)11-22-18)12-24-13-23-19-3-1-2-4-20(19)24/h1-9,11,13,25H,12H2. The summed E-state index contributed by atoms with van der Waals surface area (Å²) in [5, 5.41) is 18.8. The smallest absolute Gasteiger partial charge is 0.133 e. The topological polar surface area (TPSA) is 74.7 Å². The molecule has 2 aromatic heterocycles. The molecule has 0 unspecified atom stereocenters. The molecule has 0 radical (unpaired) electrons. The molecule has 4 rings (SSSR count). The van der Waals surface area contributed by atoms with Crippen LogP contribution >= 0.6 is 0 Å². The fraction of sp³-hybridized carbons (Fsp3) is 0.0500. The third-order valence-electron chi connectivity index (χ3n) is 4.11. The van der Waals surface area contributed by atoms with Crippen molar-refractivity contribution < 1.29 is 5.11 Å². The largest absolute Gasteiger partial charge is 0.506 e. The van der Waals surface area contributed by atoms with Crippen molar-refractivity contribution in [3.63, 3.8) is 0 Å². The Morgan fingerprint density at radius 3 is 2.72 bits per heavy atom. The number of para-hydroxylation sites is 2. The van der Waals surface area contributed by atoms with Crippen LogP contribution in [-0.4, -0.2) is 19.6 Å². The Kier molecular flexibility index (Phi) is 3.64. The maximum Gasteiger partial charge on any atom is 0.133 e. The van der Waals surface area contributed by atoms with Crippen LogP contribution in [0.4, 0.5) is 0 Å². The highest BCUT2D eigenvalue weighted by atomic mass is 16.3. The van der Waals surface area contributed by atoms with Crippen molar-refractivity contribution in [1.29, 1.82) is 5.26 Å². The maximum atomic E-state index is 9.42. The van der Waals surface area contributed by atoms with Gasteiger partial charge in [0.1, 0.15) is 5.75 Å². The number of imidazole rings is 1. The molecule has 0 aliphatic heterocycles. The fourth-order valence-electron chi connectivity index (χ4n) is 2.88. The van der Waals surface area contributed by atoms with E-state index in [0.717, 1.165) is 22.2 Å². The second-order valence-corrected chi connectivity index (χ2v) is 5.75. The number of nitrogens with zero attached hydrogens (tertiary/aromatic N) is 4. The van der Waals surface area contributed by atoms with Crippen molar-refractivity contribution in [3.8, 4) is 23.1 Å². The Morgan fingerprint density at radius 2 is 1.92 bits per heavy atom. The van der Waals surface area contributed by atoms with Crippen molar-refractivity contribution >= 4 is 11.0 Å². The van der Waals surface area contributed by atoms with E-state index < -0.39 is 0 Å². The first-order valence-electron chi connectivity index (χ1n) is 7.83. The van der Waals surface area contributed by atoms with E-state index in [0.29, 0.717) is 17.8 Å². The Labute approximate surface area is 144 Å². The van der Waals surface area contributed by atoms with Crippen LogP contribution in [0.25, 0.3) is 22.3 Å². The van der Waals surface area contributed by atoms with E-state index in [1.807, 2.05) is 42.7 Å². The van der Waals surface area contributed by atoms with Crippen molar-refractivity contribution in [1.82, 2.24) is 14.5 Å². The van der Waals surface area contributed by atoms with Gasteiger partial charge in [-0.1, -0.05) is 18.2 Å². The summed E-state index contributed by atoms with van der Waals surface area (Å²) in [6, 6.07) is 19.2. The summed E-state index contributed by atoms with van der Waals surface area (Å²) in [6.45, 7) is 0.650. The van der Waals surface area contributed by atoms with Gasteiger partial charge in [-0.2, -0.15) is 5.26 Å². The van der Waals surface area contributed by atoms with Gasteiger partial charge in [-0.3, -0.25) is 4.98 Å². The molecule has 1 N–H and O–H groups in total. The highest BCUT2D eigenvalue weighted by Gasteiger charge is 2.09. The first kappa shape index (κ1) is 14.9. The Hall–Kier alpha value is -3.65. The monoisotopic (exact) mass is 326 g/mol. The molecule has 0 bridgehead atoms. The van der Waals surface area contributed by atoms with Gasteiger partial charge in [-0.15, -0.1) is 0 Å². The molecule has 0 saturated carbocycles. The Balaban J connectivity index is 1.75. The van der Waals surface area contributed by atoms with E-state index >= 15 is 0 Å². The summed E-state index contributed by atoms with van der Waals surface area (Å²) >= 11 is 0. The molecule has 5 nitrogen and oxygen atoms in total. The normalized spacial score (nSPS) is 10.7. The minimum Gasteiger partial charge on any atom is -0.506 e. The van der Waals surface area contributed by atoms with Crippen LogP contribution in [0.15, 0.2) is 67.1 Å². The van der Waals surface area contributed by atoms with Gasteiger partial charge in [0.2, 0.25) is 0 Å². The number of nitriles is 1. The van der Waals surface area contributed by atoms with E-state index in [4.69, 9.17) is 0 Å². The third-order valence-corrected chi connectivity index (χ3v) is 4.11. The zero-order valence-electron chi connectivity index (χ0n) is 13.3. The summed E-state index contributed by atoms with van der Waals surface area (Å²) in [6.07, 6.45) is 3.20. The average molecular weight is 326 g/mol. The Bertz CT molecular complexity index is 1090. The minimum atomic E-state index is 0.100. The van der Waals surface area contributed by atoms with E-state index in [1.165, 1.54) is 6.20 Å². The Morgan fingerprint density at radius 1 is 1.04 bits per heavy atom. The number of rotatable bonds is 3. The summed E-state index contributed by atoms with van der Waals surface area (Å²) in [5.74, 6) is 0.100. The predicted octanol–water partition coefficient (Wildman–Crippen LogP) is 3.72. The minimum absolute atomic E-state index is 0.100. The van der Waals surface area contributed by atoms with Crippen molar-refractivity contribution in [3.05, 3.63) is 78.2 Å². The van der Waals surface area contributed by atoms with Gasteiger partial charge >= 0.3 is 0 Å². The molecule has 0 aliphatic carbocycles. The van der Waals surface area contributed by atoms with E-state index in [9.17, 15) is 10.4 Å². The molecule has 0 saturated heterocycles. The number of fused-ring (bicyclic) bond motifs is 1. The van der Waals surface area contributed by atoms with Crippen LogP contribution in [0.2, 0.25) is 0 Å². The molecule has 5 heteroatoms. The number of benzene rings is 2. The molecular weight excluding hydrogens is 312 g/mol. The molecule has 25 heavy (non-hydrogen) atoms. The summed E-state index contributed by atoms with van der Waals surface area (Å²) in [7, 11) is 0. The van der Waals surface area contributed by atoms with E-state index in [1.54, 1.807) is 18.2 Å². The predicted molar refractivity (Wildman–Crippen MR) is 94.9 cm³/mol. The molecule has 0 atom stereocenters. The van der Waals surface area contributed by atoms with Gasteiger partial charge in [-0.25, -0.2) is 4.98 Å². The summed E-state index contributed by atoms with van der Waals surface area (Å²) < 4.78 is 2.07. The summed E-state index contributed by atoms with van der Waals surface area (Å²) in [4.78, 5) is 8.63. The molecule has 4 aromatic rings. The molecular formula is C20H14N4O. The second-order valence-electron chi connectivity index (χ2n) is 5.75. The van der Waals surface area contributed by atoms with Gasteiger partial charge in [-0.05, 0) is 42.0 Å². The molecule has 2 aromatic carbocycles. The van der Waals surface area contributed by atoms with E-state index in [2.05, 4.69) is 20.6 Å². The lowest BCUT2D eigenvalue weighted by Gasteiger charge is -2.09. The summed E-state index contributed by atoms with van der Waals surface area (Å²) in [5.41, 5.74) is 5.04. The average Bonchev–Trinajstić information content (AvgIpc) is 3.05. The maximum absolute atomic E-state index is 9.42. The van der Waals surface area contributed by atoms with Crippen LogP contribution in [-0.2, 0) is 6.54 Å². The van der Waals surface area contributed by atoms with Crippen LogP contribution in [0.5, 0.6) is 5.75 Å². The zero-order valence-corrected chi connectivity index (χ0v) is 13.3. The lowest BCUT2D eigenvalue weighted by Crippen LogP contribution is -1.99. The second kappa shape index (κ2) is 6.10. The fourth-order valence-corrected chi connectivity index (χ4v) is 2.88. The molecule has 120 valence electrons. The van der Waals surface area contributed by atoms with Crippen molar-refractivity contribution in [2.45, 2.75) is 6.54 Å². The quantitative estimate of drug-likeness (QED) is 0.622. The SMILES string of the molecule is N#Cc1ccc(Cn2cnc3ccccc32)cc1-c1ccc(O)cn1. The lowest BCUT2D eigenvalue weighted by atomic mass is 10.0. The van der Waals surface area contributed by atoms with Crippen LogP contribution in [0.3, 0.4) is 0 Å². The van der Waals surface area contributed by atoms with Crippen molar-refractivity contribution in [2.24, 2.45) is 0 Å². The first-order chi connectivity index (χ1) is 12.2. The molecule has 2 heterocycles. The molecule has 0 amide bonds. The highest BCUT2D eigenvalue weighted by molar-refractivity contribution is 5.75. The van der Waals surface area contributed by atoms with Crippen molar-refractivity contribution in [2.75, 3.05) is 0 Å². The van der Waals surface area contributed by atoms with Crippen LogP contribution in [0.1, 0.15) is 11.1 Å². The van der Waals surface area contributed by atoms with Gasteiger partial charge in [0.05, 0.1) is 40.9 Å². The first-order valence-corrected chi connectivity index (χ1v) is 7.83. The van der Waals surface area contributed by atoms with Crippen LogP contribution < -0.4 is 0 Å². The number of hydrogen-bond donors (Lipinski definition) is 1. The van der Waals surface area contributed by atoms with Gasteiger partial charge in [0.25, 0.3) is 0 Å². The molecule has 0 aliphatic rings. The molecule has 0 fully saturated rings. The van der Waals surface area contributed by atoms with Gasteiger partial charge in [0.15, 0.2) is 0 Å².